The van der Waals surface area contributed by atoms with E-state index in [2.05, 4.69) is 4.74 Å². The number of alkyl halides is 4. The fourth-order valence-corrected chi connectivity index (χ4v) is 1.18. The molecular weight excluding hydrogens is 256 g/mol. The number of benzene rings is 1. The zero-order chi connectivity index (χ0) is 13.9. The zero-order valence-electron chi connectivity index (χ0n) is 9.12. The summed E-state index contributed by atoms with van der Waals surface area (Å²) < 4.78 is 53.9. The minimum absolute atomic E-state index is 0.332. The van der Waals surface area contributed by atoms with Crippen molar-refractivity contribution in [1.82, 2.24) is 0 Å². The van der Waals surface area contributed by atoms with E-state index >= 15 is 0 Å². The first-order valence-corrected chi connectivity index (χ1v) is 4.70. The standard InChI is InChI=1S/C11H8F4O3/c1-18-10(17)8(12)9(16)6-2-4-7(5-3-6)11(13,14)15/h2-5,8H,1H3. The average molecular weight is 264 g/mol. The van der Waals surface area contributed by atoms with Crippen molar-refractivity contribution in [3.05, 3.63) is 35.4 Å². The topological polar surface area (TPSA) is 43.4 Å². The van der Waals surface area contributed by atoms with Crippen molar-refractivity contribution in [2.75, 3.05) is 7.11 Å². The van der Waals surface area contributed by atoms with Gasteiger partial charge in [-0.15, -0.1) is 0 Å². The van der Waals surface area contributed by atoms with Gasteiger partial charge in [-0.05, 0) is 12.1 Å². The van der Waals surface area contributed by atoms with Crippen molar-refractivity contribution < 1.29 is 31.9 Å². The summed E-state index contributed by atoms with van der Waals surface area (Å²) in [5.74, 6) is -2.63. The van der Waals surface area contributed by atoms with Crippen LogP contribution in [0.4, 0.5) is 17.6 Å². The second-order valence-corrected chi connectivity index (χ2v) is 3.33. The third-order valence-electron chi connectivity index (χ3n) is 2.14. The van der Waals surface area contributed by atoms with Gasteiger partial charge in [-0.3, -0.25) is 4.79 Å². The van der Waals surface area contributed by atoms with E-state index in [9.17, 15) is 27.2 Å². The van der Waals surface area contributed by atoms with Gasteiger partial charge in [0.1, 0.15) is 0 Å². The van der Waals surface area contributed by atoms with Gasteiger partial charge in [-0.1, -0.05) is 12.1 Å². The van der Waals surface area contributed by atoms with Crippen LogP contribution < -0.4 is 0 Å². The van der Waals surface area contributed by atoms with Crippen LogP contribution in [0, 0.1) is 0 Å². The lowest BCUT2D eigenvalue weighted by Crippen LogP contribution is -2.27. The van der Waals surface area contributed by atoms with Crippen LogP contribution in [0.1, 0.15) is 15.9 Å². The number of hydrogen-bond acceptors (Lipinski definition) is 3. The molecule has 1 aromatic rings. The molecular formula is C11H8F4O3. The molecule has 0 radical (unpaired) electrons. The van der Waals surface area contributed by atoms with Crippen LogP contribution in [-0.2, 0) is 15.7 Å². The van der Waals surface area contributed by atoms with Gasteiger partial charge >= 0.3 is 12.1 Å². The molecule has 0 fully saturated rings. The molecule has 0 amide bonds. The summed E-state index contributed by atoms with van der Waals surface area (Å²) in [6, 6.07) is 2.88. The Bertz CT molecular complexity index is 450. The highest BCUT2D eigenvalue weighted by Crippen LogP contribution is 2.29. The third kappa shape index (κ3) is 3.06. The zero-order valence-corrected chi connectivity index (χ0v) is 9.12. The van der Waals surface area contributed by atoms with Gasteiger partial charge in [0.15, 0.2) is 0 Å². The van der Waals surface area contributed by atoms with Crippen LogP contribution in [-0.4, -0.2) is 25.0 Å². The molecule has 98 valence electrons. The molecule has 1 aromatic carbocycles. The van der Waals surface area contributed by atoms with Crippen LogP contribution >= 0.6 is 0 Å². The fraction of sp³-hybridized carbons (Fsp3) is 0.273. The van der Waals surface area contributed by atoms with E-state index in [0.29, 0.717) is 12.1 Å². The smallest absolute Gasteiger partial charge is 0.416 e. The first-order valence-electron chi connectivity index (χ1n) is 4.70. The lowest BCUT2D eigenvalue weighted by atomic mass is 10.0. The summed E-state index contributed by atoms with van der Waals surface area (Å²) in [5.41, 5.74) is -1.30. The number of rotatable bonds is 3. The van der Waals surface area contributed by atoms with Crippen molar-refractivity contribution in [1.29, 1.82) is 0 Å². The Labute approximate surface area is 99.4 Å². The van der Waals surface area contributed by atoms with Crippen molar-refractivity contribution in [3.63, 3.8) is 0 Å². The van der Waals surface area contributed by atoms with Gasteiger partial charge in [0, 0.05) is 5.56 Å². The first-order chi connectivity index (χ1) is 8.27. The molecule has 0 spiro atoms. The van der Waals surface area contributed by atoms with Gasteiger partial charge in [0.25, 0.3) is 6.17 Å². The van der Waals surface area contributed by atoms with Crippen LogP contribution in [0.2, 0.25) is 0 Å². The quantitative estimate of drug-likeness (QED) is 0.364. The van der Waals surface area contributed by atoms with E-state index in [0.717, 1.165) is 19.2 Å². The second-order valence-electron chi connectivity index (χ2n) is 3.33. The third-order valence-corrected chi connectivity index (χ3v) is 2.14. The molecule has 0 saturated carbocycles. The number of ketones is 1. The highest BCUT2D eigenvalue weighted by atomic mass is 19.4. The molecule has 0 saturated heterocycles. The van der Waals surface area contributed by atoms with Gasteiger partial charge in [0.05, 0.1) is 12.7 Å². The van der Waals surface area contributed by atoms with E-state index < -0.39 is 29.7 Å². The molecule has 7 heteroatoms. The van der Waals surface area contributed by atoms with Crippen molar-refractivity contribution in [2.45, 2.75) is 12.3 Å². The van der Waals surface area contributed by atoms with Crippen molar-refractivity contribution >= 4 is 11.8 Å². The summed E-state index contributed by atoms with van der Waals surface area (Å²) in [4.78, 5) is 22.1. The number of esters is 1. The monoisotopic (exact) mass is 264 g/mol. The highest BCUT2D eigenvalue weighted by Gasteiger charge is 2.32. The Morgan fingerprint density at radius 2 is 1.67 bits per heavy atom. The number of ether oxygens (including phenoxy) is 1. The minimum Gasteiger partial charge on any atom is -0.467 e. The van der Waals surface area contributed by atoms with E-state index in [-0.39, 0.29) is 5.56 Å². The van der Waals surface area contributed by atoms with Gasteiger partial charge in [-0.25, -0.2) is 9.18 Å². The number of halogens is 4. The molecule has 1 rings (SSSR count). The van der Waals surface area contributed by atoms with Crippen LogP contribution in [0.15, 0.2) is 24.3 Å². The molecule has 1 unspecified atom stereocenters. The molecule has 18 heavy (non-hydrogen) atoms. The molecule has 0 aliphatic rings. The lowest BCUT2D eigenvalue weighted by Gasteiger charge is -2.08. The van der Waals surface area contributed by atoms with Crippen molar-refractivity contribution in [3.8, 4) is 0 Å². The largest absolute Gasteiger partial charge is 0.467 e. The van der Waals surface area contributed by atoms with Crippen LogP contribution in [0.25, 0.3) is 0 Å². The Kier molecular flexibility index (Phi) is 4.05. The van der Waals surface area contributed by atoms with E-state index in [1.807, 2.05) is 0 Å². The molecule has 3 nitrogen and oxygen atoms in total. The fourth-order valence-electron chi connectivity index (χ4n) is 1.18. The molecule has 0 N–H and O–H groups in total. The van der Waals surface area contributed by atoms with Gasteiger partial charge in [0.2, 0.25) is 5.78 Å². The summed E-state index contributed by atoms with van der Waals surface area (Å²) in [5, 5.41) is 0. The summed E-state index contributed by atoms with van der Waals surface area (Å²) >= 11 is 0. The minimum atomic E-state index is -4.54. The Morgan fingerprint density at radius 1 is 1.17 bits per heavy atom. The van der Waals surface area contributed by atoms with E-state index in [1.165, 1.54) is 0 Å². The molecule has 1 atom stereocenters. The van der Waals surface area contributed by atoms with Crippen molar-refractivity contribution in [2.24, 2.45) is 0 Å². The summed E-state index contributed by atoms with van der Waals surface area (Å²) in [7, 11) is 0.898. The van der Waals surface area contributed by atoms with E-state index in [4.69, 9.17) is 0 Å². The van der Waals surface area contributed by atoms with E-state index in [1.54, 1.807) is 0 Å². The van der Waals surface area contributed by atoms with Gasteiger partial charge < -0.3 is 4.74 Å². The Hall–Kier alpha value is -1.92. The maximum absolute atomic E-state index is 13.2. The normalized spacial score (nSPS) is 12.9. The SMILES string of the molecule is COC(=O)C(F)C(=O)c1ccc(C(F)(F)F)cc1. The second kappa shape index (κ2) is 5.16. The Morgan fingerprint density at radius 3 is 2.06 bits per heavy atom. The predicted molar refractivity (Wildman–Crippen MR) is 52.7 cm³/mol. The maximum Gasteiger partial charge on any atom is 0.416 e. The predicted octanol–water partition coefficient (Wildman–Crippen LogP) is 2.40. The lowest BCUT2D eigenvalue weighted by molar-refractivity contribution is -0.144. The number of hydrogen-bond donors (Lipinski definition) is 0. The first kappa shape index (κ1) is 14.1. The number of carbonyl (C=O) groups is 2. The summed E-state index contributed by atoms with van der Waals surface area (Å²) in [6.45, 7) is 0. The van der Waals surface area contributed by atoms with Crippen LogP contribution in [0.3, 0.4) is 0 Å². The number of methoxy groups -OCH3 is 1. The molecule has 0 heterocycles. The average Bonchev–Trinajstić information content (AvgIpc) is 2.35. The van der Waals surface area contributed by atoms with Crippen LogP contribution in [0.5, 0.6) is 0 Å². The molecule has 0 aliphatic carbocycles. The Balaban J connectivity index is 2.92. The number of carbonyl (C=O) groups excluding carboxylic acids is 2. The molecule has 0 aliphatic heterocycles. The molecule has 0 bridgehead atoms. The summed E-state index contributed by atoms with van der Waals surface area (Å²) in [6.07, 6.45) is -7.08. The maximum atomic E-state index is 13.2. The highest BCUT2D eigenvalue weighted by molar-refractivity contribution is 6.11. The molecule has 0 aromatic heterocycles. The number of Topliss-reactive ketones (excluding diaryl/α,β-unsaturated/α-hetero) is 1. The van der Waals surface area contributed by atoms with Gasteiger partial charge in [-0.2, -0.15) is 13.2 Å².